The minimum atomic E-state index is -0.836. The standard InChI is InChI=1S/C17H16N2O5/c1-11-6-7-12(23-11)8-9-16(20)18-19-17(21)15-10-22-13-4-2-3-5-14(13)24-15/h2-9,15H,10H2,1H3,(H,18,20)(H,19,21)/b9-8+. The third kappa shape index (κ3) is 3.75. The van der Waals surface area contributed by atoms with E-state index in [9.17, 15) is 9.59 Å². The first kappa shape index (κ1) is 15.7. The average Bonchev–Trinajstić information content (AvgIpc) is 3.02. The molecule has 0 fully saturated rings. The molecular weight excluding hydrogens is 312 g/mol. The Labute approximate surface area is 138 Å². The van der Waals surface area contributed by atoms with Crippen molar-refractivity contribution < 1.29 is 23.5 Å². The van der Waals surface area contributed by atoms with E-state index in [4.69, 9.17) is 13.9 Å². The predicted octanol–water partition coefficient (Wildman–Crippen LogP) is 1.59. The van der Waals surface area contributed by atoms with Gasteiger partial charge in [-0.1, -0.05) is 12.1 Å². The number of fused-ring (bicyclic) bond motifs is 1. The number of rotatable bonds is 3. The number of aryl methyl sites for hydroxylation is 1. The Morgan fingerprint density at radius 1 is 1.12 bits per heavy atom. The van der Waals surface area contributed by atoms with Gasteiger partial charge in [-0.15, -0.1) is 0 Å². The fourth-order valence-corrected chi connectivity index (χ4v) is 2.09. The van der Waals surface area contributed by atoms with Crippen molar-refractivity contribution in [1.29, 1.82) is 0 Å². The smallest absolute Gasteiger partial charge is 0.283 e. The molecule has 0 saturated heterocycles. The van der Waals surface area contributed by atoms with Gasteiger partial charge in [0.05, 0.1) is 0 Å². The van der Waals surface area contributed by atoms with Crippen LogP contribution in [0.5, 0.6) is 11.5 Å². The average molecular weight is 328 g/mol. The van der Waals surface area contributed by atoms with Crippen LogP contribution in [0.2, 0.25) is 0 Å². The Morgan fingerprint density at radius 2 is 1.92 bits per heavy atom. The Kier molecular flexibility index (Phi) is 4.51. The molecule has 7 nitrogen and oxygen atoms in total. The summed E-state index contributed by atoms with van der Waals surface area (Å²) < 4.78 is 16.3. The normalized spacial score (nSPS) is 16.0. The van der Waals surface area contributed by atoms with Gasteiger partial charge in [-0.3, -0.25) is 20.4 Å². The van der Waals surface area contributed by atoms with Crippen LogP contribution in [0.1, 0.15) is 11.5 Å². The molecule has 0 saturated carbocycles. The molecule has 24 heavy (non-hydrogen) atoms. The number of amides is 2. The molecule has 124 valence electrons. The molecule has 2 heterocycles. The summed E-state index contributed by atoms with van der Waals surface area (Å²) in [7, 11) is 0. The molecule has 1 unspecified atom stereocenters. The van der Waals surface area contributed by atoms with Crippen LogP contribution in [0.25, 0.3) is 6.08 Å². The second-order valence-electron chi connectivity index (χ2n) is 5.12. The fourth-order valence-electron chi connectivity index (χ4n) is 2.09. The first-order chi connectivity index (χ1) is 11.6. The summed E-state index contributed by atoms with van der Waals surface area (Å²) in [5.74, 6) is 1.38. The second-order valence-corrected chi connectivity index (χ2v) is 5.12. The first-order valence-electron chi connectivity index (χ1n) is 7.34. The van der Waals surface area contributed by atoms with Crippen molar-refractivity contribution in [2.45, 2.75) is 13.0 Å². The van der Waals surface area contributed by atoms with Gasteiger partial charge < -0.3 is 13.9 Å². The topological polar surface area (TPSA) is 89.8 Å². The Balaban J connectivity index is 1.49. The molecule has 1 atom stereocenters. The van der Waals surface area contributed by atoms with E-state index in [-0.39, 0.29) is 6.61 Å². The van der Waals surface area contributed by atoms with Gasteiger partial charge in [-0.05, 0) is 37.3 Å². The summed E-state index contributed by atoms with van der Waals surface area (Å²) in [6.07, 6.45) is 1.92. The lowest BCUT2D eigenvalue weighted by molar-refractivity contribution is -0.134. The minimum Gasteiger partial charge on any atom is -0.485 e. The third-order valence-corrected chi connectivity index (χ3v) is 3.27. The van der Waals surface area contributed by atoms with E-state index >= 15 is 0 Å². The highest BCUT2D eigenvalue weighted by atomic mass is 16.6. The van der Waals surface area contributed by atoms with Gasteiger partial charge in [0.1, 0.15) is 18.1 Å². The van der Waals surface area contributed by atoms with Crippen LogP contribution in [0, 0.1) is 6.92 Å². The zero-order valence-electron chi connectivity index (χ0n) is 12.9. The number of hydrogen-bond acceptors (Lipinski definition) is 5. The van der Waals surface area contributed by atoms with Crippen LogP contribution < -0.4 is 20.3 Å². The van der Waals surface area contributed by atoms with Crippen molar-refractivity contribution in [2.24, 2.45) is 0 Å². The number of benzene rings is 1. The predicted molar refractivity (Wildman–Crippen MR) is 85.1 cm³/mol. The van der Waals surface area contributed by atoms with Crippen LogP contribution in [0.3, 0.4) is 0 Å². The van der Waals surface area contributed by atoms with Crippen molar-refractivity contribution >= 4 is 17.9 Å². The zero-order chi connectivity index (χ0) is 16.9. The number of ether oxygens (including phenoxy) is 2. The van der Waals surface area contributed by atoms with E-state index in [2.05, 4.69) is 10.9 Å². The zero-order valence-corrected chi connectivity index (χ0v) is 12.9. The molecular formula is C17H16N2O5. The number of carbonyl (C=O) groups is 2. The quantitative estimate of drug-likeness (QED) is 0.660. The minimum absolute atomic E-state index is 0.0697. The summed E-state index contributed by atoms with van der Waals surface area (Å²) in [5.41, 5.74) is 4.58. The second kappa shape index (κ2) is 6.91. The van der Waals surface area contributed by atoms with E-state index in [1.165, 1.54) is 12.2 Å². The number of carbonyl (C=O) groups excluding carboxylic acids is 2. The van der Waals surface area contributed by atoms with Crippen molar-refractivity contribution in [2.75, 3.05) is 6.61 Å². The van der Waals surface area contributed by atoms with Crippen molar-refractivity contribution in [3.05, 3.63) is 54.0 Å². The summed E-state index contributed by atoms with van der Waals surface area (Å²) in [6, 6.07) is 10.6. The molecule has 1 aromatic carbocycles. The third-order valence-electron chi connectivity index (χ3n) is 3.27. The molecule has 0 bridgehead atoms. The van der Waals surface area contributed by atoms with E-state index in [0.29, 0.717) is 17.3 Å². The molecule has 0 spiro atoms. The highest BCUT2D eigenvalue weighted by molar-refractivity contribution is 5.93. The maximum atomic E-state index is 12.0. The van der Waals surface area contributed by atoms with Crippen LogP contribution in [-0.4, -0.2) is 24.5 Å². The number of furan rings is 1. The van der Waals surface area contributed by atoms with E-state index in [0.717, 1.165) is 5.76 Å². The SMILES string of the molecule is Cc1ccc(/C=C/C(=O)NNC(=O)C2COc3ccccc3O2)o1. The Hall–Kier alpha value is -3.22. The highest BCUT2D eigenvalue weighted by Gasteiger charge is 2.27. The van der Waals surface area contributed by atoms with E-state index in [1.54, 1.807) is 30.3 Å². The summed E-state index contributed by atoms with van der Waals surface area (Å²) in [4.78, 5) is 23.7. The lowest BCUT2D eigenvalue weighted by Gasteiger charge is -2.25. The Morgan fingerprint density at radius 3 is 2.67 bits per heavy atom. The summed E-state index contributed by atoms with van der Waals surface area (Å²) in [5, 5.41) is 0. The maximum absolute atomic E-state index is 12.0. The Bertz CT molecular complexity index is 781. The summed E-state index contributed by atoms with van der Waals surface area (Å²) in [6.45, 7) is 1.88. The van der Waals surface area contributed by atoms with Crippen LogP contribution in [-0.2, 0) is 9.59 Å². The lowest BCUT2D eigenvalue weighted by atomic mass is 10.2. The van der Waals surface area contributed by atoms with Crippen LogP contribution in [0.4, 0.5) is 0 Å². The lowest BCUT2D eigenvalue weighted by Crippen LogP contribution is -2.50. The molecule has 1 aliphatic rings. The fraction of sp³-hybridized carbons (Fsp3) is 0.176. The van der Waals surface area contributed by atoms with Crippen molar-refractivity contribution in [3.63, 3.8) is 0 Å². The first-order valence-corrected chi connectivity index (χ1v) is 7.34. The van der Waals surface area contributed by atoms with Gasteiger partial charge in [0, 0.05) is 6.08 Å². The molecule has 7 heteroatoms. The molecule has 3 rings (SSSR count). The van der Waals surface area contributed by atoms with Crippen LogP contribution in [0.15, 0.2) is 46.9 Å². The largest absolute Gasteiger partial charge is 0.485 e. The van der Waals surface area contributed by atoms with Gasteiger partial charge >= 0.3 is 0 Å². The van der Waals surface area contributed by atoms with Gasteiger partial charge in [0.15, 0.2) is 11.5 Å². The van der Waals surface area contributed by atoms with Gasteiger partial charge in [-0.25, -0.2) is 0 Å². The van der Waals surface area contributed by atoms with Crippen molar-refractivity contribution in [1.82, 2.24) is 10.9 Å². The molecule has 0 aliphatic carbocycles. The molecule has 1 aliphatic heterocycles. The molecule has 2 amide bonds. The molecule has 2 N–H and O–H groups in total. The van der Waals surface area contributed by atoms with Crippen LogP contribution >= 0.6 is 0 Å². The number of para-hydroxylation sites is 2. The number of hydrogen-bond donors (Lipinski definition) is 2. The number of nitrogens with one attached hydrogen (secondary N) is 2. The highest BCUT2D eigenvalue weighted by Crippen LogP contribution is 2.30. The molecule has 1 aromatic heterocycles. The van der Waals surface area contributed by atoms with Crippen molar-refractivity contribution in [3.8, 4) is 11.5 Å². The van der Waals surface area contributed by atoms with E-state index < -0.39 is 17.9 Å². The monoisotopic (exact) mass is 328 g/mol. The molecule has 2 aromatic rings. The van der Waals surface area contributed by atoms with Gasteiger partial charge in [0.25, 0.3) is 11.8 Å². The van der Waals surface area contributed by atoms with E-state index in [1.807, 2.05) is 13.0 Å². The number of hydrazine groups is 1. The summed E-state index contributed by atoms with van der Waals surface area (Å²) >= 11 is 0. The van der Waals surface area contributed by atoms with Gasteiger partial charge in [-0.2, -0.15) is 0 Å². The maximum Gasteiger partial charge on any atom is 0.283 e. The molecule has 0 radical (unpaired) electrons. The van der Waals surface area contributed by atoms with Gasteiger partial charge in [0.2, 0.25) is 6.10 Å².